The largest absolute Gasteiger partial charge is 0.383 e. The molecule has 31 heavy (non-hydrogen) atoms. The Hall–Kier alpha value is -2.58. The zero-order chi connectivity index (χ0) is 23.1. The first-order valence-corrected chi connectivity index (χ1v) is 10.9. The number of unbranched alkanes of at least 4 members (excludes halogenated alkanes) is 1. The van der Waals surface area contributed by atoms with Crippen LogP contribution in [0.25, 0.3) is 0 Å². The fourth-order valence-electron chi connectivity index (χ4n) is 3.27. The summed E-state index contributed by atoms with van der Waals surface area (Å²) in [5.74, 6) is -0.140. The number of rotatable bonds is 10. The minimum atomic E-state index is -0.655. The van der Waals surface area contributed by atoms with Crippen molar-refractivity contribution in [3.8, 4) is 0 Å². The van der Waals surface area contributed by atoms with Crippen LogP contribution in [0.3, 0.4) is 0 Å². The molecule has 8 nitrogen and oxygen atoms in total. The summed E-state index contributed by atoms with van der Waals surface area (Å²) >= 11 is 5.94. The Kier molecular flexibility index (Phi) is 8.88. The Bertz CT molecular complexity index is 998. The molecule has 1 aromatic carbocycles. The molecule has 9 heteroatoms. The number of hydrogen-bond donors (Lipinski definition) is 3. The predicted octanol–water partition coefficient (Wildman–Crippen LogP) is 2.91. The van der Waals surface area contributed by atoms with E-state index >= 15 is 0 Å². The highest BCUT2D eigenvalue weighted by molar-refractivity contribution is 6.30. The first-order valence-electron chi connectivity index (χ1n) is 10.6. The van der Waals surface area contributed by atoms with Crippen molar-refractivity contribution in [3.05, 3.63) is 55.7 Å². The van der Waals surface area contributed by atoms with E-state index in [2.05, 4.69) is 10.3 Å². The standard InChI is InChI=1S/C22H32ClN5O3/c1-5-6-11-27(18(29)12-25-15(4)16-7-9-17(23)10-8-16)19-20(24)28(13-14(2)3)22(31)26-21(19)30/h7-10,14-15,25H,5-6,11-13,24H2,1-4H3,(H,26,30,31). The van der Waals surface area contributed by atoms with E-state index < -0.39 is 11.2 Å². The fourth-order valence-corrected chi connectivity index (χ4v) is 3.39. The Morgan fingerprint density at radius 2 is 1.87 bits per heavy atom. The van der Waals surface area contributed by atoms with Crippen molar-refractivity contribution in [2.45, 2.75) is 53.1 Å². The van der Waals surface area contributed by atoms with Crippen molar-refractivity contribution < 1.29 is 4.79 Å². The van der Waals surface area contributed by atoms with E-state index in [9.17, 15) is 14.4 Å². The number of carbonyl (C=O) groups excluding carboxylic acids is 1. The predicted molar refractivity (Wildman–Crippen MR) is 126 cm³/mol. The Balaban J connectivity index is 2.30. The van der Waals surface area contributed by atoms with Crippen LogP contribution in [-0.2, 0) is 11.3 Å². The number of H-pyrrole nitrogens is 1. The Morgan fingerprint density at radius 1 is 1.23 bits per heavy atom. The molecule has 1 aromatic heterocycles. The molecule has 4 N–H and O–H groups in total. The highest BCUT2D eigenvalue weighted by Crippen LogP contribution is 2.19. The zero-order valence-electron chi connectivity index (χ0n) is 18.6. The molecule has 0 spiro atoms. The molecule has 2 aromatic rings. The number of halogens is 1. The van der Waals surface area contributed by atoms with Gasteiger partial charge in [0.05, 0.1) is 6.54 Å². The van der Waals surface area contributed by atoms with Crippen molar-refractivity contribution >= 4 is 29.0 Å². The lowest BCUT2D eigenvalue weighted by Gasteiger charge is -2.26. The summed E-state index contributed by atoms with van der Waals surface area (Å²) in [4.78, 5) is 41.7. The van der Waals surface area contributed by atoms with E-state index in [1.807, 2.05) is 39.8 Å². The van der Waals surface area contributed by atoms with Gasteiger partial charge in [-0.1, -0.05) is 50.9 Å². The minimum Gasteiger partial charge on any atom is -0.383 e. The highest BCUT2D eigenvalue weighted by Gasteiger charge is 2.24. The van der Waals surface area contributed by atoms with Gasteiger partial charge in [-0.05, 0) is 37.0 Å². The number of nitrogens with zero attached hydrogens (tertiary/aromatic N) is 2. The summed E-state index contributed by atoms with van der Waals surface area (Å²) in [5.41, 5.74) is 6.01. The van der Waals surface area contributed by atoms with E-state index in [-0.39, 0.29) is 35.9 Å². The van der Waals surface area contributed by atoms with E-state index in [0.29, 0.717) is 24.5 Å². The molecule has 1 unspecified atom stereocenters. The quantitative estimate of drug-likeness (QED) is 0.516. The second-order valence-electron chi connectivity index (χ2n) is 8.05. The number of hydrogen-bond acceptors (Lipinski definition) is 5. The number of nitrogen functional groups attached to an aromatic ring is 1. The van der Waals surface area contributed by atoms with Crippen molar-refractivity contribution in [1.82, 2.24) is 14.9 Å². The van der Waals surface area contributed by atoms with Gasteiger partial charge in [-0.25, -0.2) is 4.79 Å². The number of aromatic nitrogens is 2. The van der Waals surface area contributed by atoms with Crippen LogP contribution in [0.1, 0.15) is 52.1 Å². The lowest BCUT2D eigenvalue weighted by atomic mass is 10.1. The normalized spacial score (nSPS) is 12.2. The number of carbonyl (C=O) groups is 1. The van der Waals surface area contributed by atoms with Crippen LogP contribution in [0.2, 0.25) is 5.02 Å². The zero-order valence-corrected chi connectivity index (χ0v) is 19.3. The average Bonchev–Trinajstić information content (AvgIpc) is 2.71. The number of anilines is 2. The number of benzene rings is 1. The first kappa shape index (κ1) is 24.7. The molecule has 1 atom stereocenters. The maximum Gasteiger partial charge on any atom is 0.330 e. The summed E-state index contributed by atoms with van der Waals surface area (Å²) in [6.45, 7) is 8.51. The van der Waals surface area contributed by atoms with Crippen LogP contribution in [-0.4, -0.2) is 28.5 Å². The van der Waals surface area contributed by atoms with Gasteiger partial charge in [0, 0.05) is 24.2 Å². The van der Waals surface area contributed by atoms with E-state index in [4.69, 9.17) is 17.3 Å². The molecule has 170 valence electrons. The minimum absolute atomic E-state index is 0.00962. The maximum absolute atomic E-state index is 13.1. The average molecular weight is 450 g/mol. The number of aromatic amines is 1. The lowest BCUT2D eigenvalue weighted by molar-refractivity contribution is -0.118. The van der Waals surface area contributed by atoms with E-state index in [0.717, 1.165) is 12.0 Å². The molecule has 0 aliphatic carbocycles. The Morgan fingerprint density at radius 3 is 2.45 bits per heavy atom. The van der Waals surface area contributed by atoms with Gasteiger partial charge in [-0.2, -0.15) is 0 Å². The second-order valence-corrected chi connectivity index (χ2v) is 8.49. The van der Waals surface area contributed by atoms with Crippen LogP contribution in [0, 0.1) is 5.92 Å². The van der Waals surface area contributed by atoms with Crippen LogP contribution >= 0.6 is 11.6 Å². The molecule has 1 heterocycles. The summed E-state index contributed by atoms with van der Waals surface area (Å²) in [5, 5.41) is 3.83. The third kappa shape index (κ3) is 6.45. The SMILES string of the molecule is CCCCN(C(=O)CNC(C)c1ccc(Cl)cc1)c1c(N)n(CC(C)C)c(=O)[nH]c1=O. The summed E-state index contributed by atoms with van der Waals surface area (Å²) in [6, 6.07) is 7.28. The van der Waals surface area contributed by atoms with Crippen molar-refractivity contribution in [3.63, 3.8) is 0 Å². The number of nitrogens with one attached hydrogen (secondary N) is 2. The monoisotopic (exact) mass is 449 g/mol. The van der Waals surface area contributed by atoms with E-state index in [1.165, 1.54) is 9.47 Å². The smallest absolute Gasteiger partial charge is 0.330 e. The van der Waals surface area contributed by atoms with Crippen molar-refractivity contribution in [1.29, 1.82) is 0 Å². The van der Waals surface area contributed by atoms with Gasteiger partial charge in [0.15, 0.2) is 5.69 Å². The second kappa shape index (κ2) is 11.2. The van der Waals surface area contributed by atoms with Gasteiger partial charge in [0.2, 0.25) is 5.91 Å². The van der Waals surface area contributed by atoms with Crippen molar-refractivity contribution in [2.24, 2.45) is 5.92 Å². The maximum atomic E-state index is 13.1. The highest BCUT2D eigenvalue weighted by atomic mass is 35.5. The molecule has 0 fully saturated rings. The van der Waals surface area contributed by atoms with Gasteiger partial charge in [0.1, 0.15) is 5.82 Å². The fraction of sp³-hybridized carbons (Fsp3) is 0.500. The van der Waals surface area contributed by atoms with Crippen LogP contribution < -0.4 is 27.2 Å². The summed E-state index contributed by atoms with van der Waals surface area (Å²) in [6.07, 6.45) is 1.53. The van der Waals surface area contributed by atoms with Gasteiger partial charge >= 0.3 is 5.69 Å². The molecular formula is C22H32ClN5O3. The summed E-state index contributed by atoms with van der Waals surface area (Å²) < 4.78 is 1.32. The topological polar surface area (TPSA) is 113 Å². The van der Waals surface area contributed by atoms with Crippen LogP contribution in [0.5, 0.6) is 0 Å². The van der Waals surface area contributed by atoms with Crippen LogP contribution in [0.4, 0.5) is 11.5 Å². The lowest BCUT2D eigenvalue weighted by Crippen LogP contribution is -2.45. The van der Waals surface area contributed by atoms with Crippen LogP contribution in [0.15, 0.2) is 33.9 Å². The van der Waals surface area contributed by atoms with Gasteiger partial charge in [-0.15, -0.1) is 0 Å². The number of amides is 1. The Labute approximate surface area is 187 Å². The van der Waals surface area contributed by atoms with E-state index in [1.54, 1.807) is 12.1 Å². The summed E-state index contributed by atoms with van der Waals surface area (Å²) in [7, 11) is 0. The van der Waals surface area contributed by atoms with Crippen molar-refractivity contribution in [2.75, 3.05) is 23.7 Å². The molecule has 1 amide bonds. The third-order valence-corrected chi connectivity index (χ3v) is 5.25. The number of nitrogens with two attached hydrogens (primary N) is 1. The third-order valence-electron chi connectivity index (χ3n) is 5.00. The van der Waals surface area contributed by atoms with Gasteiger partial charge in [-0.3, -0.25) is 19.1 Å². The molecule has 0 bridgehead atoms. The molecule has 0 saturated carbocycles. The molecular weight excluding hydrogens is 418 g/mol. The first-order chi connectivity index (χ1) is 14.6. The molecule has 0 aliphatic rings. The molecule has 0 radical (unpaired) electrons. The molecule has 2 rings (SSSR count). The van der Waals surface area contributed by atoms with Gasteiger partial charge in [0.25, 0.3) is 5.56 Å². The molecule has 0 aliphatic heterocycles. The van der Waals surface area contributed by atoms with Gasteiger partial charge < -0.3 is 16.0 Å². The molecule has 0 saturated heterocycles.